The largest absolute Gasteiger partial charge is 0.352 e. The van der Waals surface area contributed by atoms with Gasteiger partial charge in [0.05, 0.1) is 17.0 Å². The van der Waals surface area contributed by atoms with Gasteiger partial charge >= 0.3 is 0 Å². The van der Waals surface area contributed by atoms with E-state index in [4.69, 9.17) is 12.2 Å². The summed E-state index contributed by atoms with van der Waals surface area (Å²) in [4.78, 5) is 32.4. The van der Waals surface area contributed by atoms with E-state index in [-0.39, 0.29) is 24.4 Å². The molecule has 6 nitrogen and oxygen atoms in total. The van der Waals surface area contributed by atoms with Crippen molar-refractivity contribution in [3.8, 4) is 0 Å². The Morgan fingerprint density at radius 1 is 1.26 bits per heavy atom. The van der Waals surface area contributed by atoms with Gasteiger partial charge in [-0.05, 0) is 42.5 Å². The fraction of sp³-hybridized carbons (Fsp3) is 0.333. The highest BCUT2D eigenvalue weighted by molar-refractivity contribution is 8.26. The molecule has 2 amide bonds. The first-order chi connectivity index (χ1) is 17.0. The third-order valence-electron chi connectivity index (χ3n) is 6.65. The standard InChI is InChI=1S/C27H28N4O2S2/c1-2-19-8-5-11-22-20(16-30(25(19)22)17-24(32)29-21-9-3-4-10-21)13-23-26(33)31(27(34)35-23)15-18-7-6-12-28-14-18/h5-8,11-14,16,21H,2-4,9-10,15,17H2,1H3,(H,29,32)/b23-13-. The van der Waals surface area contributed by atoms with Crippen LogP contribution in [0.1, 0.15) is 49.3 Å². The second-order valence-corrected chi connectivity index (χ2v) is 10.7. The van der Waals surface area contributed by atoms with Crippen LogP contribution in [0.4, 0.5) is 0 Å². The van der Waals surface area contributed by atoms with Gasteiger partial charge in [-0.3, -0.25) is 19.5 Å². The van der Waals surface area contributed by atoms with Crippen LogP contribution in [0.15, 0.2) is 53.8 Å². The average Bonchev–Trinajstić information content (AvgIpc) is 3.56. The Bertz CT molecular complexity index is 1310. The van der Waals surface area contributed by atoms with Crippen LogP contribution in [-0.4, -0.2) is 36.6 Å². The van der Waals surface area contributed by atoms with Crippen LogP contribution in [0, 0.1) is 0 Å². The summed E-state index contributed by atoms with van der Waals surface area (Å²) in [6.07, 6.45) is 12.7. The summed E-state index contributed by atoms with van der Waals surface area (Å²) in [5.74, 6) is -0.0653. The average molecular weight is 505 g/mol. The molecule has 2 fully saturated rings. The summed E-state index contributed by atoms with van der Waals surface area (Å²) in [7, 11) is 0. The molecule has 5 rings (SSSR count). The van der Waals surface area contributed by atoms with Gasteiger partial charge in [-0.1, -0.05) is 68.0 Å². The highest BCUT2D eigenvalue weighted by Crippen LogP contribution is 2.36. The lowest BCUT2D eigenvalue weighted by Gasteiger charge is -2.13. The van der Waals surface area contributed by atoms with Crippen molar-refractivity contribution in [2.75, 3.05) is 0 Å². The first-order valence-electron chi connectivity index (χ1n) is 12.1. The van der Waals surface area contributed by atoms with E-state index in [0.29, 0.717) is 15.8 Å². The van der Waals surface area contributed by atoms with Crippen LogP contribution >= 0.6 is 24.0 Å². The number of pyridine rings is 1. The zero-order chi connectivity index (χ0) is 24.4. The van der Waals surface area contributed by atoms with E-state index in [1.807, 2.05) is 35.0 Å². The quantitative estimate of drug-likeness (QED) is 0.360. The molecule has 1 saturated heterocycles. The Hall–Kier alpha value is -2.97. The van der Waals surface area contributed by atoms with Gasteiger partial charge in [0.2, 0.25) is 5.91 Å². The number of aromatic nitrogens is 2. The molecule has 1 aliphatic heterocycles. The number of carbonyl (C=O) groups excluding carboxylic acids is 2. The summed E-state index contributed by atoms with van der Waals surface area (Å²) >= 11 is 6.84. The molecule has 1 aromatic carbocycles. The topological polar surface area (TPSA) is 67.2 Å². The summed E-state index contributed by atoms with van der Waals surface area (Å²) < 4.78 is 2.57. The molecule has 2 aromatic heterocycles. The number of thioether (sulfide) groups is 1. The van der Waals surface area contributed by atoms with E-state index >= 15 is 0 Å². The SMILES string of the molecule is CCc1cccc2c(/C=C3\SC(=S)N(Cc4cccnc4)C3=O)cn(CC(=O)NC3CCCC3)c12. The molecule has 8 heteroatoms. The van der Waals surface area contributed by atoms with Gasteiger partial charge in [0.1, 0.15) is 10.9 Å². The van der Waals surface area contributed by atoms with Gasteiger partial charge in [-0.25, -0.2) is 0 Å². The minimum atomic E-state index is -0.102. The van der Waals surface area contributed by atoms with E-state index in [1.54, 1.807) is 17.3 Å². The molecule has 1 saturated carbocycles. The molecule has 35 heavy (non-hydrogen) atoms. The molecule has 1 aliphatic carbocycles. The van der Waals surface area contributed by atoms with Crippen LogP contribution in [0.25, 0.3) is 17.0 Å². The number of aryl methyl sites for hydroxylation is 1. The number of para-hydroxylation sites is 1. The lowest BCUT2D eigenvalue weighted by molar-refractivity contribution is -0.123. The molecular formula is C27H28N4O2S2. The van der Waals surface area contributed by atoms with Crippen LogP contribution < -0.4 is 5.32 Å². The molecule has 1 N–H and O–H groups in total. The lowest BCUT2D eigenvalue weighted by Crippen LogP contribution is -2.35. The Morgan fingerprint density at radius 2 is 2.09 bits per heavy atom. The van der Waals surface area contributed by atoms with Crippen molar-refractivity contribution in [2.24, 2.45) is 0 Å². The van der Waals surface area contributed by atoms with Gasteiger partial charge in [-0.15, -0.1) is 0 Å². The normalized spacial score (nSPS) is 17.7. The number of benzene rings is 1. The number of amides is 2. The summed E-state index contributed by atoms with van der Waals surface area (Å²) in [5.41, 5.74) is 4.09. The number of carbonyl (C=O) groups is 2. The minimum absolute atomic E-state index is 0.0362. The van der Waals surface area contributed by atoms with Crippen molar-refractivity contribution < 1.29 is 9.59 Å². The van der Waals surface area contributed by atoms with Crippen LogP contribution in [0.5, 0.6) is 0 Å². The summed E-state index contributed by atoms with van der Waals surface area (Å²) in [6.45, 7) is 2.78. The fourth-order valence-corrected chi connectivity index (χ4v) is 6.19. The van der Waals surface area contributed by atoms with E-state index < -0.39 is 0 Å². The van der Waals surface area contributed by atoms with E-state index in [1.165, 1.54) is 30.2 Å². The van der Waals surface area contributed by atoms with Crippen molar-refractivity contribution in [3.05, 3.63) is 70.5 Å². The second-order valence-electron chi connectivity index (χ2n) is 9.06. The fourth-order valence-electron chi connectivity index (χ4n) is 4.94. The Labute approximate surface area is 214 Å². The van der Waals surface area contributed by atoms with E-state index in [2.05, 4.69) is 29.4 Å². The van der Waals surface area contributed by atoms with Crippen LogP contribution in [0.3, 0.4) is 0 Å². The monoisotopic (exact) mass is 504 g/mol. The maximum absolute atomic E-state index is 13.2. The van der Waals surface area contributed by atoms with Gasteiger partial charge in [-0.2, -0.15) is 0 Å². The van der Waals surface area contributed by atoms with Crippen LogP contribution in [-0.2, 0) is 29.1 Å². The van der Waals surface area contributed by atoms with Gasteiger partial charge in [0.25, 0.3) is 5.91 Å². The van der Waals surface area contributed by atoms with Gasteiger partial charge < -0.3 is 9.88 Å². The number of nitrogens with one attached hydrogen (secondary N) is 1. The third-order valence-corrected chi connectivity index (χ3v) is 8.03. The molecule has 180 valence electrons. The van der Waals surface area contributed by atoms with Crippen molar-refractivity contribution in [3.63, 3.8) is 0 Å². The highest BCUT2D eigenvalue weighted by Gasteiger charge is 2.32. The zero-order valence-corrected chi connectivity index (χ0v) is 21.3. The smallest absolute Gasteiger partial charge is 0.266 e. The Balaban J connectivity index is 1.44. The molecule has 0 radical (unpaired) electrons. The number of nitrogens with zero attached hydrogens (tertiary/aromatic N) is 3. The van der Waals surface area contributed by atoms with E-state index in [9.17, 15) is 9.59 Å². The molecule has 0 unspecified atom stereocenters. The molecule has 3 heterocycles. The lowest BCUT2D eigenvalue weighted by atomic mass is 10.1. The number of hydrogen-bond donors (Lipinski definition) is 1. The molecular weight excluding hydrogens is 476 g/mol. The first-order valence-corrected chi connectivity index (χ1v) is 13.3. The summed E-state index contributed by atoms with van der Waals surface area (Å²) in [5, 5.41) is 4.23. The van der Waals surface area contributed by atoms with E-state index in [0.717, 1.165) is 41.3 Å². The number of thiocarbonyl (C=S) groups is 1. The van der Waals surface area contributed by atoms with Gasteiger partial charge in [0.15, 0.2) is 0 Å². The first kappa shape index (κ1) is 23.8. The molecule has 0 atom stereocenters. The zero-order valence-electron chi connectivity index (χ0n) is 19.7. The van der Waals surface area contributed by atoms with Crippen molar-refractivity contribution in [1.29, 1.82) is 0 Å². The minimum Gasteiger partial charge on any atom is -0.352 e. The van der Waals surface area contributed by atoms with Crippen molar-refractivity contribution in [1.82, 2.24) is 19.8 Å². The second kappa shape index (κ2) is 10.3. The summed E-state index contributed by atoms with van der Waals surface area (Å²) in [6, 6.07) is 10.3. The number of rotatable bonds is 7. The van der Waals surface area contributed by atoms with Crippen molar-refractivity contribution >= 4 is 57.1 Å². The Kier molecular flexibility index (Phi) is 7.02. The predicted molar refractivity (Wildman–Crippen MR) is 145 cm³/mol. The third kappa shape index (κ3) is 5.04. The maximum Gasteiger partial charge on any atom is 0.266 e. The maximum atomic E-state index is 13.2. The Morgan fingerprint density at radius 3 is 2.83 bits per heavy atom. The molecule has 0 spiro atoms. The number of hydrogen-bond acceptors (Lipinski definition) is 5. The van der Waals surface area contributed by atoms with Crippen molar-refractivity contribution in [2.45, 2.75) is 58.2 Å². The van der Waals surface area contributed by atoms with Gasteiger partial charge in [0, 0.05) is 35.6 Å². The molecule has 2 aliphatic rings. The molecule has 0 bridgehead atoms. The number of fused-ring (bicyclic) bond motifs is 1. The highest BCUT2D eigenvalue weighted by atomic mass is 32.2. The molecule has 3 aromatic rings. The van der Waals surface area contributed by atoms with Crippen LogP contribution in [0.2, 0.25) is 0 Å². The predicted octanol–water partition coefficient (Wildman–Crippen LogP) is 5.06.